The third-order valence-electron chi connectivity index (χ3n) is 7.91. The van der Waals surface area contributed by atoms with Crippen LogP contribution in [0.3, 0.4) is 0 Å². The van der Waals surface area contributed by atoms with Gasteiger partial charge in [-0.05, 0) is 61.4 Å². The zero-order valence-electron chi connectivity index (χ0n) is 20.2. The molecule has 3 aliphatic rings. The Kier molecular flexibility index (Phi) is 5.49. The fourth-order valence-electron chi connectivity index (χ4n) is 5.67. The lowest BCUT2D eigenvalue weighted by Gasteiger charge is -2.25. The molecule has 2 aliphatic carbocycles. The number of hydrogen-bond acceptors (Lipinski definition) is 6. The average molecular weight is 466 g/mol. The maximum Gasteiger partial charge on any atom is 0.194 e. The van der Waals surface area contributed by atoms with Gasteiger partial charge in [0.1, 0.15) is 5.69 Å². The molecule has 0 bridgehead atoms. The molecule has 6 nitrogen and oxygen atoms in total. The molecule has 0 amide bonds. The van der Waals surface area contributed by atoms with Gasteiger partial charge in [-0.15, -0.1) is 0 Å². The number of aromatic nitrogens is 2. The number of hydrogen-bond donors (Lipinski definition) is 1. The van der Waals surface area contributed by atoms with Crippen molar-refractivity contribution in [3.63, 3.8) is 0 Å². The molecule has 3 aromatic rings. The molecule has 2 saturated carbocycles. The number of nitrogens with one attached hydrogen (secondary N) is 1. The van der Waals surface area contributed by atoms with Crippen molar-refractivity contribution in [2.24, 2.45) is 5.10 Å². The summed E-state index contributed by atoms with van der Waals surface area (Å²) in [6.07, 6.45) is 10.3. The number of carbonyl (C=O) groups is 1. The summed E-state index contributed by atoms with van der Waals surface area (Å²) in [6.45, 7) is 4.47. The number of para-hydroxylation sites is 1. The molecule has 2 aromatic heterocycles. The standard InChI is InChI=1S/C29H31N5O/c1-19-7-3-5-9-23(19)30-17-26(35)25-14-21(22-8-4-6-10-24(22)33-25)13-20-11-12-27(31-16-20)29-15-28(29)34(2)32-18-29/h4,6,8,10-12,14,16,18,23,28,30H,1,3,5,7,9,13,15,17H2,2H3. The number of nitrogens with zero attached hydrogens (tertiary/aromatic N) is 4. The minimum Gasteiger partial charge on any atom is -0.303 e. The van der Waals surface area contributed by atoms with Crippen LogP contribution in [0.2, 0.25) is 0 Å². The number of ketones is 1. The van der Waals surface area contributed by atoms with E-state index in [-0.39, 0.29) is 23.8 Å². The number of Topliss-reactive ketones (excluding diaryl/α,β-unsaturated/α-hetero) is 1. The molecular weight excluding hydrogens is 434 g/mol. The Balaban J connectivity index is 1.22. The first-order valence-corrected chi connectivity index (χ1v) is 12.6. The highest BCUT2D eigenvalue weighted by molar-refractivity contribution is 5.98. The van der Waals surface area contributed by atoms with E-state index in [9.17, 15) is 4.79 Å². The lowest BCUT2D eigenvalue weighted by atomic mass is 9.91. The number of rotatable bonds is 7. The second kappa shape index (κ2) is 8.68. The third-order valence-corrected chi connectivity index (χ3v) is 7.91. The molecule has 1 aliphatic heterocycles. The molecule has 6 heteroatoms. The van der Waals surface area contributed by atoms with Crippen LogP contribution < -0.4 is 5.32 Å². The lowest BCUT2D eigenvalue weighted by molar-refractivity contribution is 0.0983. The Morgan fingerprint density at radius 2 is 2.11 bits per heavy atom. The number of pyridine rings is 2. The average Bonchev–Trinajstić information content (AvgIpc) is 3.54. The molecule has 178 valence electrons. The zero-order chi connectivity index (χ0) is 24.0. The van der Waals surface area contributed by atoms with E-state index in [2.05, 4.69) is 35.2 Å². The van der Waals surface area contributed by atoms with Crippen molar-refractivity contribution >= 4 is 22.9 Å². The number of benzene rings is 1. The summed E-state index contributed by atoms with van der Waals surface area (Å²) in [6, 6.07) is 15.0. The summed E-state index contributed by atoms with van der Waals surface area (Å²) in [5.74, 6) is 0.0207. The van der Waals surface area contributed by atoms with Crippen molar-refractivity contribution in [2.75, 3.05) is 13.6 Å². The van der Waals surface area contributed by atoms with Crippen molar-refractivity contribution in [2.45, 2.75) is 56.0 Å². The van der Waals surface area contributed by atoms with E-state index in [4.69, 9.17) is 9.97 Å². The van der Waals surface area contributed by atoms with E-state index in [0.29, 0.717) is 18.2 Å². The first-order valence-electron chi connectivity index (χ1n) is 12.6. The molecule has 3 atom stereocenters. The molecule has 0 saturated heterocycles. The number of carbonyl (C=O) groups excluding carboxylic acids is 1. The molecule has 6 rings (SSSR count). The fraction of sp³-hybridized carbons (Fsp3) is 0.379. The highest BCUT2D eigenvalue weighted by atomic mass is 16.1. The van der Waals surface area contributed by atoms with Crippen LogP contribution in [0.4, 0.5) is 0 Å². The van der Waals surface area contributed by atoms with Crippen LogP contribution in [0.25, 0.3) is 10.9 Å². The monoisotopic (exact) mass is 465 g/mol. The number of fused-ring (bicyclic) bond motifs is 2. The molecule has 0 radical (unpaired) electrons. The summed E-state index contributed by atoms with van der Waals surface area (Å²) in [4.78, 5) is 22.6. The first-order chi connectivity index (χ1) is 17.0. The molecule has 1 N–H and O–H groups in total. The topological polar surface area (TPSA) is 70.5 Å². The van der Waals surface area contributed by atoms with E-state index in [1.165, 1.54) is 18.4 Å². The van der Waals surface area contributed by atoms with E-state index < -0.39 is 0 Å². The second-order valence-corrected chi connectivity index (χ2v) is 10.3. The number of hydrazone groups is 1. The Hall–Kier alpha value is -3.38. The summed E-state index contributed by atoms with van der Waals surface area (Å²) in [5, 5.41) is 11.0. The quantitative estimate of drug-likeness (QED) is 0.413. The van der Waals surface area contributed by atoms with Crippen molar-refractivity contribution in [3.8, 4) is 0 Å². The highest BCUT2D eigenvalue weighted by Crippen LogP contribution is 2.52. The first kappa shape index (κ1) is 22.1. The van der Waals surface area contributed by atoms with Gasteiger partial charge in [-0.1, -0.05) is 42.8 Å². The predicted molar refractivity (Wildman–Crippen MR) is 139 cm³/mol. The van der Waals surface area contributed by atoms with Crippen LogP contribution in [0.1, 0.15) is 59.4 Å². The molecule has 3 unspecified atom stereocenters. The Bertz CT molecular complexity index is 1330. The molecule has 2 fully saturated rings. The zero-order valence-corrected chi connectivity index (χ0v) is 20.2. The fourth-order valence-corrected chi connectivity index (χ4v) is 5.67. The van der Waals surface area contributed by atoms with Crippen LogP contribution in [0.15, 0.2) is 65.9 Å². The van der Waals surface area contributed by atoms with E-state index >= 15 is 0 Å². The molecule has 35 heavy (non-hydrogen) atoms. The van der Waals surface area contributed by atoms with E-state index in [0.717, 1.165) is 47.0 Å². The van der Waals surface area contributed by atoms with Crippen LogP contribution in [0, 0.1) is 0 Å². The van der Waals surface area contributed by atoms with Gasteiger partial charge in [0.2, 0.25) is 0 Å². The van der Waals surface area contributed by atoms with Gasteiger partial charge in [0.15, 0.2) is 5.78 Å². The maximum absolute atomic E-state index is 13.1. The van der Waals surface area contributed by atoms with Gasteiger partial charge >= 0.3 is 0 Å². The smallest absolute Gasteiger partial charge is 0.194 e. The van der Waals surface area contributed by atoms with Gasteiger partial charge in [0, 0.05) is 30.9 Å². The molecular formula is C29H31N5O. The minimum atomic E-state index is -0.00707. The van der Waals surface area contributed by atoms with Crippen LogP contribution in [0.5, 0.6) is 0 Å². The largest absolute Gasteiger partial charge is 0.303 e. The van der Waals surface area contributed by atoms with E-state index in [1.807, 2.05) is 48.7 Å². The third kappa shape index (κ3) is 4.06. The number of likely N-dealkylation sites (N-methyl/N-ethyl adjacent to an activating group) is 1. The summed E-state index contributed by atoms with van der Waals surface area (Å²) < 4.78 is 0. The van der Waals surface area contributed by atoms with Crippen molar-refractivity contribution in [1.29, 1.82) is 0 Å². The van der Waals surface area contributed by atoms with Gasteiger partial charge in [-0.2, -0.15) is 5.10 Å². The van der Waals surface area contributed by atoms with Crippen LogP contribution >= 0.6 is 0 Å². The summed E-state index contributed by atoms with van der Waals surface area (Å²) >= 11 is 0. The Morgan fingerprint density at radius 3 is 2.86 bits per heavy atom. The summed E-state index contributed by atoms with van der Waals surface area (Å²) in [5.41, 5.74) is 5.88. The highest BCUT2D eigenvalue weighted by Gasteiger charge is 2.61. The van der Waals surface area contributed by atoms with Gasteiger partial charge in [0.05, 0.1) is 29.2 Å². The molecule has 3 heterocycles. The lowest BCUT2D eigenvalue weighted by Crippen LogP contribution is -2.36. The van der Waals surface area contributed by atoms with Crippen molar-refractivity contribution < 1.29 is 4.79 Å². The van der Waals surface area contributed by atoms with Gasteiger partial charge in [-0.3, -0.25) is 14.8 Å². The van der Waals surface area contributed by atoms with E-state index in [1.54, 1.807) is 0 Å². The normalized spacial score (nSPS) is 25.2. The maximum atomic E-state index is 13.1. The van der Waals surface area contributed by atoms with Crippen LogP contribution in [-0.4, -0.2) is 52.7 Å². The SMILES string of the molecule is C=C1CCCCC1NCC(=O)c1cc(Cc2ccc(C34C=NN(C)C3C4)nc2)c2ccccc2n1. The molecule has 0 spiro atoms. The minimum absolute atomic E-state index is 0.00707. The Morgan fingerprint density at radius 1 is 1.23 bits per heavy atom. The Labute approximate surface area is 206 Å². The van der Waals surface area contributed by atoms with Gasteiger partial charge < -0.3 is 5.32 Å². The summed E-state index contributed by atoms with van der Waals surface area (Å²) in [7, 11) is 2.03. The van der Waals surface area contributed by atoms with Gasteiger partial charge in [0.25, 0.3) is 0 Å². The second-order valence-electron chi connectivity index (χ2n) is 10.3. The van der Waals surface area contributed by atoms with Crippen molar-refractivity contribution in [3.05, 3.63) is 83.3 Å². The van der Waals surface area contributed by atoms with Gasteiger partial charge in [-0.25, -0.2) is 4.98 Å². The van der Waals surface area contributed by atoms with Crippen molar-refractivity contribution in [1.82, 2.24) is 20.3 Å². The molecule has 1 aromatic carbocycles. The predicted octanol–water partition coefficient (Wildman–Crippen LogP) is 4.43. The van der Waals surface area contributed by atoms with Crippen LogP contribution in [-0.2, 0) is 11.8 Å².